The third-order valence-corrected chi connectivity index (χ3v) is 15.0. The molecule has 4 nitrogen and oxygen atoms in total. The van der Waals surface area contributed by atoms with Gasteiger partial charge < -0.3 is 0 Å². The van der Waals surface area contributed by atoms with E-state index in [0.29, 0.717) is 11.6 Å². The Morgan fingerprint density at radius 3 is 0.926 bits per heavy atom. The molecule has 0 aliphatic heterocycles. The lowest BCUT2D eigenvalue weighted by Crippen LogP contribution is -1.97. The highest BCUT2D eigenvalue weighted by atomic mass is 32.1. The Labute approximate surface area is 401 Å². The van der Waals surface area contributed by atoms with Crippen LogP contribution >= 0.6 is 22.7 Å². The Balaban J connectivity index is 0.986. The fraction of sp³-hybridized carbons (Fsp3) is 0. The van der Waals surface area contributed by atoms with Gasteiger partial charge in [-0.05, 0) is 56.6 Å². The Bertz CT molecular complexity index is 3740. The highest BCUT2D eigenvalue weighted by Gasteiger charge is 2.23. The van der Waals surface area contributed by atoms with Gasteiger partial charge in [0.1, 0.15) is 9.66 Å². The van der Waals surface area contributed by atoms with E-state index in [1.807, 2.05) is 12.1 Å². The van der Waals surface area contributed by atoms with E-state index in [9.17, 15) is 0 Å². The van der Waals surface area contributed by atoms with Gasteiger partial charge in [-0.1, -0.05) is 218 Å². The zero-order valence-corrected chi connectivity index (χ0v) is 38.2. The zero-order chi connectivity index (χ0) is 45.0. The second-order valence-electron chi connectivity index (χ2n) is 16.9. The summed E-state index contributed by atoms with van der Waals surface area (Å²) < 4.78 is 2.37. The topological polar surface area (TPSA) is 51.6 Å². The second-order valence-corrected chi connectivity index (χ2v) is 18.9. The lowest BCUT2D eigenvalue weighted by Gasteiger charge is -2.18. The molecule has 0 aliphatic rings. The van der Waals surface area contributed by atoms with Crippen molar-refractivity contribution in [2.24, 2.45) is 0 Å². The van der Waals surface area contributed by atoms with Crippen molar-refractivity contribution in [3.8, 4) is 89.8 Å². The van der Waals surface area contributed by atoms with Crippen molar-refractivity contribution in [2.45, 2.75) is 0 Å². The van der Waals surface area contributed by atoms with Crippen molar-refractivity contribution in [3.63, 3.8) is 0 Å². The van der Waals surface area contributed by atoms with Crippen LogP contribution in [0, 0.1) is 0 Å². The first-order chi connectivity index (χ1) is 33.7. The summed E-state index contributed by atoms with van der Waals surface area (Å²) in [5.74, 6) is 1.40. The summed E-state index contributed by atoms with van der Waals surface area (Å²) >= 11 is 3.44. The Hall–Kier alpha value is -8.42. The molecule has 9 aromatic carbocycles. The smallest absolute Gasteiger partial charge is 0.161 e. The number of fused-ring (bicyclic) bond motifs is 6. The summed E-state index contributed by atoms with van der Waals surface area (Å²) in [6.45, 7) is 0. The van der Waals surface area contributed by atoms with Gasteiger partial charge in [0.25, 0.3) is 0 Å². The van der Waals surface area contributed by atoms with E-state index in [2.05, 4.69) is 218 Å². The second kappa shape index (κ2) is 16.8. The standard InChI is InChI=1S/C62H38N4S2/c1-3-17-39(18-4-1)41-31-35-43(36-32-41)59-63-57(55-51-27-13-15-29-53(51)67-61(55)65-59)49-25-11-9-23-47(49)45-21-7-8-22-46(45)48-24-10-12-26-50(48)58-56-52-28-14-16-30-54(52)68-62(56)66-60(64-58)44-37-33-42(34-38-44)40-19-5-2-6-20-40/h1-38H. The quantitative estimate of drug-likeness (QED) is 0.152. The van der Waals surface area contributed by atoms with Crippen molar-refractivity contribution in [1.82, 2.24) is 19.9 Å². The van der Waals surface area contributed by atoms with E-state index in [1.54, 1.807) is 22.7 Å². The van der Waals surface area contributed by atoms with Crippen LogP contribution in [0.15, 0.2) is 231 Å². The first kappa shape index (κ1) is 39.9. The summed E-state index contributed by atoms with van der Waals surface area (Å²) in [5, 5.41) is 4.45. The van der Waals surface area contributed by atoms with Crippen LogP contribution in [-0.2, 0) is 0 Å². The van der Waals surface area contributed by atoms with Gasteiger partial charge in [-0.25, -0.2) is 19.9 Å². The molecule has 0 fully saturated rings. The highest BCUT2D eigenvalue weighted by Crippen LogP contribution is 2.47. The van der Waals surface area contributed by atoms with E-state index in [0.717, 1.165) is 98.2 Å². The van der Waals surface area contributed by atoms with Crippen molar-refractivity contribution in [1.29, 1.82) is 0 Å². The van der Waals surface area contributed by atoms with E-state index >= 15 is 0 Å². The van der Waals surface area contributed by atoms with Crippen LogP contribution in [0.5, 0.6) is 0 Å². The molecule has 0 N–H and O–H groups in total. The molecule has 0 atom stereocenters. The summed E-state index contributed by atoms with van der Waals surface area (Å²) in [6.07, 6.45) is 0. The lowest BCUT2D eigenvalue weighted by atomic mass is 9.87. The molecule has 68 heavy (non-hydrogen) atoms. The monoisotopic (exact) mass is 902 g/mol. The third-order valence-electron chi connectivity index (χ3n) is 12.8. The SMILES string of the molecule is c1ccc(-c2ccc(-c3nc(-c4ccccc4-c4ccccc4-c4ccccc4-c4nc(-c5ccc(-c6ccccc6)cc5)nc5sc6ccccc6c45)c4c(n3)sc3ccccc34)cc2)cc1. The molecule has 0 amide bonds. The van der Waals surface area contributed by atoms with E-state index in [-0.39, 0.29) is 0 Å². The molecule has 0 saturated carbocycles. The van der Waals surface area contributed by atoms with Gasteiger partial charge in [0.05, 0.1) is 11.4 Å². The maximum absolute atomic E-state index is 5.52. The van der Waals surface area contributed by atoms with Crippen LogP contribution in [0.1, 0.15) is 0 Å². The number of hydrogen-bond acceptors (Lipinski definition) is 6. The average Bonchev–Trinajstić information content (AvgIpc) is 4.00. The number of rotatable bonds is 8. The van der Waals surface area contributed by atoms with Gasteiger partial charge in [-0.3, -0.25) is 0 Å². The fourth-order valence-electron chi connectivity index (χ4n) is 9.58. The van der Waals surface area contributed by atoms with E-state index in [4.69, 9.17) is 19.9 Å². The van der Waals surface area contributed by atoms with E-state index in [1.165, 1.54) is 20.5 Å². The normalized spacial score (nSPS) is 11.5. The maximum atomic E-state index is 5.52. The Morgan fingerprint density at radius 2 is 0.529 bits per heavy atom. The largest absolute Gasteiger partial charge is 0.227 e. The zero-order valence-electron chi connectivity index (χ0n) is 36.5. The maximum Gasteiger partial charge on any atom is 0.161 e. The molecule has 0 saturated heterocycles. The minimum Gasteiger partial charge on any atom is -0.227 e. The molecule has 0 unspecified atom stereocenters. The Morgan fingerprint density at radius 1 is 0.235 bits per heavy atom. The Kier molecular flexibility index (Phi) is 9.85. The first-order valence-corrected chi connectivity index (χ1v) is 24.3. The van der Waals surface area contributed by atoms with Crippen molar-refractivity contribution >= 4 is 63.3 Å². The van der Waals surface area contributed by atoms with Crippen LogP contribution in [0.4, 0.5) is 0 Å². The van der Waals surface area contributed by atoms with E-state index < -0.39 is 0 Å². The summed E-state index contributed by atoms with van der Waals surface area (Å²) in [4.78, 5) is 23.5. The molecule has 4 aromatic heterocycles. The summed E-state index contributed by atoms with van der Waals surface area (Å²) in [6, 6.07) is 81.6. The average molecular weight is 903 g/mol. The number of hydrogen-bond donors (Lipinski definition) is 0. The first-order valence-electron chi connectivity index (χ1n) is 22.7. The summed E-state index contributed by atoms with van der Waals surface area (Å²) in [7, 11) is 0. The summed E-state index contributed by atoms with van der Waals surface area (Å²) in [5.41, 5.74) is 14.9. The van der Waals surface area contributed by atoms with Crippen LogP contribution in [0.25, 0.3) is 130 Å². The highest BCUT2D eigenvalue weighted by molar-refractivity contribution is 7.26. The molecule has 0 bridgehead atoms. The van der Waals surface area contributed by atoms with Gasteiger partial charge in [-0.15, -0.1) is 22.7 Å². The van der Waals surface area contributed by atoms with Gasteiger partial charge >= 0.3 is 0 Å². The molecule has 13 rings (SSSR count). The van der Waals surface area contributed by atoms with Crippen LogP contribution < -0.4 is 0 Å². The fourth-order valence-corrected chi connectivity index (χ4v) is 11.7. The molecule has 6 heteroatoms. The van der Waals surface area contributed by atoms with Gasteiger partial charge in [0.15, 0.2) is 11.6 Å². The molecule has 0 aliphatic carbocycles. The minimum absolute atomic E-state index is 0.702. The van der Waals surface area contributed by atoms with Crippen molar-refractivity contribution in [2.75, 3.05) is 0 Å². The molecule has 318 valence electrons. The van der Waals surface area contributed by atoms with Gasteiger partial charge in [0.2, 0.25) is 0 Å². The predicted molar refractivity (Wildman–Crippen MR) is 287 cm³/mol. The van der Waals surface area contributed by atoms with Crippen LogP contribution in [0.2, 0.25) is 0 Å². The van der Waals surface area contributed by atoms with Crippen molar-refractivity contribution in [3.05, 3.63) is 231 Å². The number of benzene rings is 9. The number of aromatic nitrogens is 4. The van der Waals surface area contributed by atoms with Crippen LogP contribution in [0.3, 0.4) is 0 Å². The number of nitrogens with zero attached hydrogens (tertiary/aromatic N) is 4. The van der Waals surface area contributed by atoms with Gasteiger partial charge in [-0.2, -0.15) is 0 Å². The molecule has 13 aromatic rings. The van der Waals surface area contributed by atoms with Crippen molar-refractivity contribution < 1.29 is 0 Å². The van der Waals surface area contributed by atoms with Crippen LogP contribution in [-0.4, -0.2) is 19.9 Å². The predicted octanol–water partition coefficient (Wildman–Crippen LogP) is 17.3. The molecule has 4 heterocycles. The molecule has 0 spiro atoms. The number of thiophene rings is 2. The molecular formula is C62H38N4S2. The molecule has 0 radical (unpaired) electrons. The molecular weight excluding hydrogens is 865 g/mol. The lowest BCUT2D eigenvalue weighted by molar-refractivity contribution is 1.24. The third kappa shape index (κ3) is 6.97. The minimum atomic E-state index is 0.702. The van der Waals surface area contributed by atoms with Gasteiger partial charge in [0, 0.05) is 53.2 Å².